The van der Waals surface area contributed by atoms with E-state index in [1.807, 2.05) is 24.3 Å². The number of hydrogen-bond donors (Lipinski definition) is 0. The van der Waals surface area contributed by atoms with Crippen LogP contribution in [-0.4, -0.2) is 9.55 Å². The maximum Gasteiger partial charge on any atom is 0.150 e. The Labute approximate surface area is 320 Å². The lowest BCUT2D eigenvalue weighted by atomic mass is 9.88. The van der Waals surface area contributed by atoms with Gasteiger partial charge in [0.05, 0.1) is 27.7 Å². The highest BCUT2D eigenvalue weighted by Gasteiger charge is 2.27. The van der Waals surface area contributed by atoms with Gasteiger partial charge in [-0.05, 0) is 93.7 Å². The van der Waals surface area contributed by atoms with E-state index in [4.69, 9.17) is 13.8 Å². The molecular formula is C51H40N2O2. The topological polar surface area (TPSA) is 44.1 Å². The van der Waals surface area contributed by atoms with Gasteiger partial charge in [0.25, 0.3) is 0 Å². The molecule has 0 aliphatic rings. The fourth-order valence-electron chi connectivity index (χ4n) is 8.21. The van der Waals surface area contributed by atoms with Gasteiger partial charge in [0.1, 0.15) is 28.3 Å². The molecule has 0 aliphatic heterocycles. The second-order valence-electron chi connectivity index (χ2n) is 15.1. The maximum absolute atomic E-state index is 7.03. The van der Waals surface area contributed by atoms with Crippen LogP contribution >= 0.6 is 0 Å². The molecule has 0 saturated carbocycles. The molecular weight excluding hydrogens is 673 g/mol. The summed E-state index contributed by atoms with van der Waals surface area (Å²) in [5, 5.41) is 2.97. The molecule has 0 aliphatic carbocycles. The van der Waals surface area contributed by atoms with Crippen molar-refractivity contribution in [2.45, 2.75) is 39.5 Å². The van der Waals surface area contributed by atoms with E-state index in [-0.39, 0.29) is 11.8 Å². The summed E-state index contributed by atoms with van der Waals surface area (Å²) in [5.41, 5.74) is 14.7. The third-order valence-electron chi connectivity index (χ3n) is 10.9. The van der Waals surface area contributed by atoms with Gasteiger partial charge in [-0.25, -0.2) is 4.98 Å². The highest BCUT2D eigenvalue weighted by molar-refractivity contribution is 6.21. The zero-order chi connectivity index (χ0) is 37.2. The minimum atomic E-state index is 0.248. The minimum absolute atomic E-state index is 0.248. The molecule has 0 amide bonds. The molecule has 0 fully saturated rings. The highest BCUT2D eigenvalue weighted by Crippen LogP contribution is 2.46. The third-order valence-corrected chi connectivity index (χ3v) is 10.9. The molecule has 0 spiro atoms. The molecule has 0 unspecified atom stereocenters. The molecule has 0 atom stereocenters. The number of nitrogens with zero attached hydrogens (tertiary/aromatic N) is 2. The standard InChI is InChI=1S/C51H40N2O2/c1-31(2)40-26-37(34-18-10-6-11-19-34)27-41(32(3)4)48(40)53-44-23-15-14-22-43(44)52-51(53)42-28-38-30-45(35-20-12-7-13-21-35)54-49(38)47-39-25-24-36(29-46(39)55-50(42)47)33-16-8-5-9-17-33/h5-32H,1-4H3. The number of hydrogen-bond acceptors (Lipinski definition) is 3. The van der Waals surface area contributed by atoms with Crippen molar-refractivity contribution in [1.82, 2.24) is 9.55 Å². The zero-order valence-corrected chi connectivity index (χ0v) is 31.4. The highest BCUT2D eigenvalue weighted by atomic mass is 16.3. The van der Waals surface area contributed by atoms with Crippen LogP contribution in [-0.2, 0) is 0 Å². The molecule has 0 radical (unpaired) electrons. The predicted octanol–water partition coefficient (Wildman–Crippen LogP) is 14.6. The molecule has 4 nitrogen and oxygen atoms in total. The maximum atomic E-state index is 7.03. The van der Waals surface area contributed by atoms with Crippen molar-refractivity contribution in [1.29, 1.82) is 0 Å². The Morgan fingerprint density at radius 1 is 0.509 bits per heavy atom. The van der Waals surface area contributed by atoms with E-state index in [9.17, 15) is 0 Å². The van der Waals surface area contributed by atoms with Crippen molar-refractivity contribution in [2.75, 3.05) is 0 Å². The lowest BCUT2D eigenvalue weighted by Gasteiger charge is -2.24. The largest absolute Gasteiger partial charge is 0.455 e. The van der Waals surface area contributed by atoms with Crippen molar-refractivity contribution in [3.8, 4) is 50.7 Å². The first kappa shape index (κ1) is 33.0. The molecule has 4 heteroatoms. The van der Waals surface area contributed by atoms with Crippen LogP contribution in [0.25, 0.3) is 94.6 Å². The lowest BCUT2D eigenvalue weighted by molar-refractivity contribution is 0.633. The fourth-order valence-corrected chi connectivity index (χ4v) is 8.21. The summed E-state index contributed by atoms with van der Waals surface area (Å²) in [6.45, 7) is 9.17. The number of furan rings is 2. The van der Waals surface area contributed by atoms with Crippen LogP contribution in [0.15, 0.2) is 167 Å². The Hall–Kier alpha value is -6.65. The summed E-state index contributed by atoms with van der Waals surface area (Å²) in [7, 11) is 0. The van der Waals surface area contributed by atoms with Crippen LogP contribution < -0.4 is 0 Å². The van der Waals surface area contributed by atoms with E-state index in [0.29, 0.717) is 0 Å². The summed E-state index contributed by atoms with van der Waals surface area (Å²) < 4.78 is 16.2. The average molecular weight is 713 g/mol. The van der Waals surface area contributed by atoms with Gasteiger partial charge in [0.15, 0.2) is 0 Å². The quantitative estimate of drug-likeness (QED) is 0.165. The van der Waals surface area contributed by atoms with Crippen LogP contribution in [0.4, 0.5) is 0 Å². The number of aromatic nitrogens is 2. The SMILES string of the molecule is CC(C)c1cc(-c2ccccc2)cc(C(C)C)c1-n1c(-c2cc3cc(-c4ccccc4)oc3c3c2oc2cc(-c4ccccc4)ccc23)nc2ccccc21. The minimum Gasteiger partial charge on any atom is -0.455 e. The second-order valence-corrected chi connectivity index (χ2v) is 15.1. The lowest BCUT2D eigenvalue weighted by Crippen LogP contribution is -2.09. The Kier molecular flexibility index (Phi) is 7.81. The van der Waals surface area contributed by atoms with Gasteiger partial charge in [0, 0.05) is 16.3 Å². The number of rotatable bonds is 7. The first-order chi connectivity index (χ1) is 26.9. The van der Waals surface area contributed by atoms with Gasteiger partial charge >= 0.3 is 0 Å². The van der Waals surface area contributed by atoms with Gasteiger partial charge in [-0.1, -0.05) is 137 Å². The molecule has 3 aromatic heterocycles. The van der Waals surface area contributed by atoms with Crippen LogP contribution in [0.5, 0.6) is 0 Å². The molecule has 0 bridgehead atoms. The molecule has 10 aromatic rings. The smallest absolute Gasteiger partial charge is 0.150 e. The van der Waals surface area contributed by atoms with E-state index < -0.39 is 0 Å². The van der Waals surface area contributed by atoms with Crippen LogP contribution in [0, 0.1) is 0 Å². The van der Waals surface area contributed by atoms with Gasteiger partial charge < -0.3 is 8.83 Å². The zero-order valence-electron chi connectivity index (χ0n) is 31.4. The monoisotopic (exact) mass is 712 g/mol. The molecule has 10 rings (SSSR count). The third kappa shape index (κ3) is 5.48. The average Bonchev–Trinajstić information content (AvgIpc) is 3.94. The van der Waals surface area contributed by atoms with E-state index in [1.54, 1.807) is 0 Å². The Morgan fingerprint density at radius 3 is 1.76 bits per heavy atom. The first-order valence-electron chi connectivity index (χ1n) is 19.2. The van der Waals surface area contributed by atoms with Gasteiger partial charge in [-0.3, -0.25) is 4.57 Å². The molecule has 7 aromatic carbocycles. The number of imidazole rings is 1. The predicted molar refractivity (Wildman–Crippen MR) is 228 cm³/mol. The van der Waals surface area contributed by atoms with Gasteiger partial charge in [-0.15, -0.1) is 0 Å². The molecule has 55 heavy (non-hydrogen) atoms. The van der Waals surface area contributed by atoms with Crippen LogP contribution in [0.3, 0.4) is 0 Å². The Balaban J connectivity index is 1.31. The Bertz CT molecular complexity index is 2990. The summed E-state index contributed by atoms with van der Waals surface area (Å²) in [5.74, 6) is 2.16. The van der Waals surface area contributed by atoms with E-state index in [2.05, 4.69) is 166 Å². The van der Waals surface area contributed by atoms with Crippen molar-refractivity contribution in [3.05, 3.63) is 169 Å². The van der Waals surface area contributed by atoms with Crippen molar-refractivity contribution in [3.63, 3.8) is 0 Å². The van der Waals surface area contributed by atoms with E-state index >= 15 is 0 Å². The van der Waals surface area contributed by atoms with Crippen molar-refractivity contribution >= 4 is 43.9 Å². The number of benzene rings is 7. The summed E-state index contributed by atoms with van der Waals surface area (Å²) >= 11 is 0. The van der Waals surface area contributed by atoms with E-state index in [0.717, 1.165) is 77.8 Å². The normalized spacial score (nSPS) is 12.0. The van der Waals surface area contributed by atoms with Crippen molar-refractivity contribution in [2.24, 2.45) is 0 Å². The van der Waals surface area contributed by atoms with Crippen LogP contribution in [0.1, 0.15) is 50.7 Å². The van der Waals surface area contributed by atoms with Gasteiger partial charge in [0.2, 0.25) is 0 Å². The van der Waals surface area contributed by atoms with E-state index in [1.165, 1.54) is 27.9 Å². The van der Waals surface area contributed by atoms with Crippen molar-refractivity contribution < 1.29 is 8.83 Å². The second kappa shape index (κ2) is 13.0. The molecule has 0 N–H and O–H groups in total. The number of para-hydroxylation sites is 2. The molecule has 0 saturated heterocycles. The first-order valence-corrected chi connectivity index (χ1v) is 19.2. The van der Waals surface area contributed by atoms with Crippen LogP contribution in [0.2, 0.25) is 0 Å². The molecule has 266 valence electrons. The summed E-state index contributed by atoms with van der Waals surface area (Å²) in [4.78, 5) is 5.47. The number of fused-ring (bicyclic) bond motifs is 6. The van der Waals surface area contributed by atoms with Gasteiger partial charge in [-0.2, -0.15) is 0 Å². The Morgan fingerprint density at radius 2 is 1.11 bits per heavy atom. The summed E-state index contributed by atoms with van der Waals surface area (Å²) in [6, 6.07) is 55.6. The molecule has 3 heterocycles. The summed E-state index contributed by atoms with van der Waals surface area (Å²) in [6.07, 6.45) is 0. The fraction of sp³-hybridized carbons (Fsp3) is 0.118.